The fourth-order valence-corrected chi connectivity index (χ4v) is 3.09. The Kier molecular flexibility index (Phi) is 4.53. The van der Waals surface area contributed by atoms with Crippen LogP contribution in [0, 0.1) is 0 Å². The van der Waals surface area contributed by atoms with E-state index in [1.807, 2.05) is 30.3 Å². The average Bonchev–Trinajstić information content (AvgIpc) is 3.37. The summed E-state index contributed by atoms with van der Waals surface area (Å²) in [6.45, 7) is 1.84. The third kappa shape index (κ3) is 3.45. The molecule has 8 nitrogen and oxygen atoms in total. The molecule has 0 aliphatic carbocycles. The Hall–Kier alpha value is -2.58. The van der Waals surface area contributed by atoms with Crippen molar-refractivity contribution in [2.75, 3.05) is 13.7 Å². The fourth-order valence-electron chi connectivity index (χ4n) is 3.09. The smallest absolute Gasteiger partial charge is 0.252 e. The van der Waals surface area contributed by atoms with Gasteiger partial charge in [0, 0.05) is 12.7 Å². The first kappa shape index (κ1) is 15.9. The highest BCUT2D eigenvalue weighted by atomic mass is 16.5. The normalized spacial score (nSPS) is 18.0. The van der Waals surface area contributed by atoms with Gasteiger partial charge < -0.3 is 13.8 Å². The second-order valence-corrected chi connectivity index (χ2v) is 5.99. The molecule has 3 aromatic rings. The molecular weight excluding hydrogens is 322 g/mol. The molecule has 0 amide bonds. The molecule has 130 valence electrons. The monoisotopic (exact) mass is 341 g/mol. The first-order valence-electron chi connectivity index (χ1n) is 8.27. The van der Waals surface area contributed by atoms with Crippen molar-refractivity contribution < 1.29 is 13.8 Å². The highest BCUT2D eigenvalue weighted by Gasteiger charge is 2.31. The summed E-state index contributed by atoms with van der Waals surface area (Å²) in [6, 6.07) is 9.90. The van der Waals surface area contributed by atoms with Gasteiger partial charge in [-0.2, -0.15) is 9.97 Å². The zero-order valence-electron chi connectivity index (χ0n) is 14.0. The molecule has 0 saturated carbocycles. The van der Waals surface area contributed by atoms with E-state index in [2.05, 4.69) is 25.2 Å². The predicted octanol–water partition coefficient (Wildman–Crippen LogP) is 2.60. The molecule has 25 heavy (non-hydrogen) atoms. The number of ether oxygens (including phenoxy) is 1. The summed E-state index contributed by atoms with van der Waals surface area (Å²) < 4.78 is 15.7. The van der Waals surface area contributed by atoms with Gasteiger partial charge >= 0.3 is 0 Å². The van der Waals surface area contributed by atoms with E-state index in [0.29, 0.717) is 36.6 Å². The van der Waals surface area contributed by atoms with Gasteiger partial charge in [0.05, 0.1) is 12.6 Å². The Balaban J connectivity index is 1.48. The molecule has 8 heteroatoms. The van der Waals surface area contributed by atoms with E-state index in [-0.39, 0.29) is 6.04 Å². The second-order valence-electron chi connectivity index (χ2n) is 5.99. The van der Waals surface area contributed by atoms with Crippen LogP contribution in [0.15, 0.2) is 39.4 Å². The van der Waals surface area contributed by atoms with Crippen molar-refractivity contribution in [3.63, 3.8) is 0 Å². The van der Waals surface area contributed by atoms with Gasteiger partial charge in [0.2, 0.25) is 11.7 Å². The van der Waals surface area contributed by atoms with Crippen molar-refractivity contribution in [1.82, 2.24) is 25.2 Å². The lowest BCUT2D eigenvalue weighted by atomic mass is 10.2. The van der Waals surface area contributed by atoms with Gasteiger partial charge in [-0.3, -0.25) is 4.90 Å². The van der Waals surface area contributed by atoms with Crippen LogP contribution in [0.4, 0.5) is 0 Å². The first-order valence-corrected chi connectivity index (χ1v) is 8.27. The molecule has 1 aliphatic rings. The van der Waals surface area contributed by atoms with Gasteiger partial charge in [-0.25, -0.2) is 0 Å². The Labute approximate surface area is 144 Å². The molecule has 2 aromatic heterocycles. The van der Waals surface area contributed by atoms with Gasteiger partial charge in [-0.15, -0.1) is 0 Å². The fraction of sp³-hybridized carbons (Fsp3) is 0.412. The summed E-state index contributed by atoms with van der Waals surface area (Å²) in [7, 11) is 1.60. The minimum absolute atomic E-state index is 0.0781. The van der Waals surface area contributed by atoms with Crippen LogP contribution in [0.1, 0.15) is 36.5 Å². The Morgan fingerprint density at radius 1 is 1.16 bits per heavy atom. The maximum absolute atomic E-state index is 5.53. The van der Waals surface area contributed by atoms with Crippen LogP contribution >= 0.6 is 0 Å². The van der Waals surface area contributed by atoms with Gasteiger partial charge in [-0.05, 0) is 19.4 Å². The van der Waals surface area contributed by atoms with Gasteiger partial charge in [0.15, 0.2) is 5.82 Å². The maximum Gasteiger partial charge on any atom is 0.252 e. The largest absolute Gasteiger partial charge is 0.375 e. The second kappa shape index (κ2) is 7.12. The van der Waals surface area contributed by atoms with Gasteiger partial charge in [0.1, 0.15) is 6.61 Å². The van der Waals surface area contributed by atoms with Crippen molar-refractivity contribution >= 4 is 0 Å². The number of aromatic nitrogens is 4. The van der Waals surface area contributed by atoms with Crippen LogP contribution in [0.25, 0.3) is 11.4 Å². The SMILES string of the molecule is COCc1nc(CN2CCC[C@H]2c2nc(-c3ccccc3)no2)no1. The number of hydrogen-bond donors (Lipinski definition) is 0. The molecule has 0 bridgehead atoms. The van der Waals surface area contributed by atoms with Crippen LogP contribution in [0.3, 0.4) is 0 Å². The lowest BCUT2D eigenvalue weighted by Crippen LogP contribution is -2.23. The zero-order chi connectivity index (χ0) is 17.1. The Morgan fingerprint density at radius 3 is 2.88 bits per heavy atom. The van der Waals surface area contributed by atoms with Crippen LogP contribution in [-0.2, 0) is 17.9 Å². The van der Waals surface area contributed by atoms with Gasteiger partial charge in [-0.1, -0.05) is 40.6 Å². The maximum atomic E-state index is 5.53. The highest BCUT2D eigenvalue weighted by Crippen LogP contribution is 2.32. The van der Waals surface area contributed by atoms with Gasteiger partial charge in [0.25, 0.3) is 5.89 Å². The third-order valence-corrected chi connectivity index (χ3v) is 4.24. The minimum atomic E-state index is 0.0781. The van der Waals surface area contributed by atoms with E-state index >= 15 is 0 Å². The lowest BCUT2D eigenvalue weighted by Gasteiger charge is -2.19. The van der Waals surface area contributed by atoms with Crippen molar-refractivity contribution in [1.29, 1.82) is 0 Å². The number of methoxy groups -OCH3 is 1. The molecule has 4 rings (SSSR count). The summed E-state index contributed by atoms with van der Waals surface area (Å²) >= 11 is 0. The quantitative estimate of drug-likeness (QED) is 0.676. The topological polar surface area (TPSA) is 90.3 Å². The minimum Gasteiger partial charge on any atom is -0.375 e. The molecule has 1 saturated heterocycles. The van der Waals surface area contributed by atoms with Crippen LogP contribution in [0.2, 0.25) is 0 Å². The number of nitrogens with zero attached hydrogens (tertiary/aromatic N) is 5. The van der Waals surface area contributed by atoms with Crippen molar-refractivity contribution in [3.8, 4) is 11.4 Å². The van der Waals surface area contributed by atoms with E-state index in [1.165, 1.54) is 0 Å². The summed E-state index contributed by atoms with van der Waals surface area (Å²) in [6.07, 6.45) is 2.04. The molecule has 1 aromatic carbocycles. The molecule has 0 N–H and O–H groups in total. The molecule has 1 atom stereocenters. The Bertz CT molecular complexity index is 817. The summed E-state index contributed by atoms with van der Waals surface area (Å²) in [5.41, 5.74) is 0.949. The summed E-state index contributed by atoms with van der Waals surface area (Å²) in [5, 5.41) is 8.13. The molecule has 3 heterocycles. The van der Waals surface area contributed by atoms with E-state index in [1.54, 1.807) is 7.11 Å². The highest BCUT2D eigenvalue weighted by molar-refractivity contribution is 5.53. The standard InChI is InChI=1S/C17H19N5O3/c1-23-11-15-18-14(20-24-15)10-22-9-5-8-13(22)17-19-16(21-25-17)12-6-3-2-4-7-12/h2-4,6-7,13H,5,8-11H2,1H3/t13-/m0/s1. The van der Waals surface area contributed by atoms with Crippen molar-refractivity contribution in [3.05, 3.63) is 47.9 Å². The molecular formula is C17H19N5O3. The van der Waals surface area contributed by atoms with Crippen LogP contribution < -0.4 is 0 Å². The molecule has 0 radical (unpaired) electrons. The number of likely N-dealkylation sites (tertiary alicyclic amines) is 1. The molecule has 0 unspecified atom stereocenters. The summed E-state index contributed by atoms with van der Waals surface area (Å²) in [4.78, 5) is 11.2. The van der Waals surface area contributed by atoms with E-state index in [0.717, 1.165) is 24.9 Å². The van der Waals surface area contributed by atoms with E-state index < -0.39 is 0 Å². The van der Waals surface area contributed by atoms with Crippen LogP contribution in [0.5, 0.6) is 0 Å². The average molecular weight is 341 g/mol. The van der Waals surface area contributed by atoms with Crippen molar-refractivity contribution in [2.45, 2.75) is 32.0 Å². The number of benzene rings is 1. The number of hydrogen-bond acceptors (Lipinski definition) is 8. The van der Waals surface area contributed by atoms with Crippen molar-refractivity contribution in [2.24, 2.45) is 0 Å². The zero-order valence-corrected chi connectivity index (χ0v) is 14.0. The predicted molar refractivity (Wildman–Crippen MR) is 87.1 cm³/mol. The van der Waals surface area contributed by atoms with E-state index in [4.69, 9.17) is 13.8 Å². The number of rotatable bonds is 6. The molecule has 0 spiro atoms. The first-order chi connectivity index (χ1) is 12.3. The third-order valence-electron chi connectivity index (χ3n) is 4.24. The van der Waals surface area contributed by atoms with Crippen LogP contribution in [-0.4, -0.2) is 38.8 Å². The molecule has 1 fully saturated rings. The lowest BCUT2D eigenvalue weighted by molar-refractivity contribution is 0.151. The van der Waals surface area contributed by atoms with E-state index in [9.17, 15) is 0 Å². The molecule has 1 aliphatic heterocycles. The Morgan fingerprint density at radius 2 is 2.04 bits per heavy atom. The summed E-state index contributed by atoms with van der Waals surface area (Å²) in [5.74, 6) is 2.38.